The van der Waals surface area contributed by atoms with Crippen molar-refractivity contribution in [3.8, 4) is 16.4 Å². The maximum Gasteiger partial charge on any atom is 0.254 e. The Morgan fingerprint density at radius 1 is 1.00 bits per heavy atom. The van der Waals surface area contributed by atoms with E-state index in [2.05, 4.69) is 10.2 Å². The first-order valence-electron chi connectivity index (χ1n) is 10.5. The number of amides is 1. The van der Waals surface area contributed by atoms with Gasteiger partial charge in [-0.3, -0.25) is 9.36 Å². The van der Waals surface area contributed by atoms with Crippen molar-refractivity contribution in [2.45, 2.75) is 23.8 Å². The van der Waals surface area contributed by atoms with Gasteiger partial charge in [-0.05, 0) is 48.1 Å². The monoisotopic (exact) mass is 464 g/mol. The fourth-order valence-corrected chi connectivity index (χ4v) is 5.51. The summed E-state index contributed by atoms with van der Waals surface area (Å²) in [6.45, 7) is 1.62. The van der Waals surface area contributed by atoms with Crippen LogP contribution in [0.5, 0.6) is 0 Å². The lowest BCUT2D eigenvalue weighted by molar-refractivity contribution is 0.0792. The van der Waals surface area contributed by atoms with Crippen molar-refractivity contribution in [3.63, 3.8) is 0 Å². The molecule has 1 saturated heterocycles. The summed E-state index contributed by atoms with van der Waals surface area (Å²) in [6, 6.07) is 18.2. The fraction of sp³-hybridized carbons (Fsp3) is 0.208. The second-order valence-corrected chi connectivity index (χ2v) is 9.41. The van der Waals surface area contributed by atoms with Crippen LogP contribution in [0.25, 0.3) is 16.4 Å². The van der Waals surface area contributed by atoms with Gasteiger partial charge in [0.1, 0.15) is 5.82 Å². The van der Waals surface area contributed by atoms with E-state index in [4.69, 9.17) is 0 Å². The minimum Gasteiger partial charge on any atom is -0.339 e. The van der Waals surface area contributed by atoms with Crippen molar-refractivity contribution in [1.82, 2.24) is 19.7 Å². The van der Waals surface area contributed by atoms with E-state index in [9.17, 15) is 9.18 Å². The van der Waals surface area contributed by atoms with Crippen molar-refractivity contribution in [1.29, 1.82) is 0 Å². The van der Waals surface area contributed by atoms with Crippen LogP contribution in [0.4, 0.5) is 4.39 Å². The molecule has 0 saturated carbocycles. The van der Waals surface area contributed by atoms with E-state index >= 15 is 0 Å². The molecule has 0 unspecified atom stereocenters. The Morgan fingerprint density at radius 2 is 1.78 bits per heavy atom. The highest BCUT2D eigenvalue weighted by Crippen LogP contribution is 2.33. The summed E-state index contributed by atoms with van der Waals surface area (Å²) in [7, 11) is 0. The summed E-state index contributed by atoms with van der Waals surface area (Å²) in [5, 5.41) is 11.3. The molecule has 0 spiro atoms. The van der Waals surface area contributed by atoms with Gasteiger partial charge in [-0.25, -0.2) is 4.39 Å². The van der Waals surface area contributed by atoms with Gasteiger partial charge < -0.3 is 4.90 Å². The molecule has 0 N–H and O–H groups in total. The number of thiophene rings is 1. The minimum absolute atomic E-state index is 0.0774. The highest BCUT2D eigenvalue weighted by molar-refractivity contribution is 7.98. The average molecular weight is 465 g/mol. The topological polar surface area (TPSA) is 51.0 Å². The van der Waals surface area contributed by atoms with E-state index in [0.29, 0.717) is 22.4 Å². The summed E-state index contributed by atoms with van der Waals surface area (Å²) in [5.74, 6) is 0.881. The maximum atomic E-state index is 14.7. The third-order valence-corrected chi connectivity index (χ3v) is 7.31. The third kappa shape index (κ3) is 4.08. The Balaban J connectivity index is 1.48. The lowest BCUT2D eigenvalue weighted by Gasteiger charge is -2.17. The van der Waals surface area contributed by atoms with Crippen LogP contribution in [-0.2, 0) is 5.75 Å². The Labute approximate surface area is 193 Å². The zero-order chi connectivity index (χ0) is 21.9. The van der Waals surface area contributed by atoms with Gasteiger partial charge in [-0.1, -0.05) is 48.2 Å². The van der Waals surface area contributed by atoms with Crippen molar-refractivity contribution in [2.75, 3.05) is 13.1 Å². The molecular weight excluding hydrogens is 443 g/mol. The first-order valence-corrected chi connectivity index (χ1v) is 12.3. The predicted molar refractivity (Wildman–Crippen MR) is 126 cm³/mol. The lowest BCUT2D eigenvalue weighted by Crippen LogP contribution is -2.28. The van der Waals surface area contributed by atoms with E-state index < -0.39 is 0 Å². The van der Waals surface area contributed by atoms with Crippen LogP contribution in [0.1, 0.15) is 28.8 Å². The van der Waals surface area contributed by atoms with Crippen molar-refractivity contribution >= 4 is 29.0 Å². The maximum absolute atomic E-state index is 14.7. The zero-order valence-corrected chi connectivity index (χ0v) is 18.9. The molecule has 0 atom stereocenters. The number of thioether (sulfide) groups is 1. The molecule has 3 heterocycles. The highest BCUT2D eigenvalue weighted by Gasteiger charge is 2.23. The standard InChI is InChI=1S/C24H21FN4OS2/c25-19-10-3-4-11-20(19)29-22(21-12-7-15-31-21)26-27-24(29)32-16-17-8-1-2-9-18(17)23(30)28-13-5-6-14-28/h1-4,7-12,15H,5-6,13-14,16H2. The number of likely N-dealkylation sites (tertiary alicyclic amines) is 1. The highest BCUT2D eigenvalue weighted by atomic mass is 32.2. The smallest absolute Gasteiger partial charge is 0.254 e. The molecule has 1 amide bonds. The van der Waals surface area contributed by atoms with Crippen LogP contribution in [0.3, 0.4) is 0 Å². The molecule has 0 bridgehead atoms. The van der Waals surface area contributed by atoms with Crippen LogP contribution in [0.2, 0.25) is 0 Å². The predicted octanol–water partition coefficient (Wildman–Crippen LogP) is 5.66. The molecule has 1 fully saturated rings. The van der Waals surface area contributed by atoms with Gasteiger partial charge in [-0.15, -0.1) is 21.5 Å². The third-order valence-electron chi connectivity index (χ3n) is 5.47. The summed E-state index contributed by atoms with van der Waals surface area (Å²) < 4.78 is 16.5. The number of rotatable bonds is 6. The molecule has 4 aromatic rings. The second kappa shape index (κ2) is 9.26. The molecule has 32 heavy (non-hydrogen) atoms. The summed E-state index contributed by atoms with van der Waals surface area (Å²) in [4.78, 5) is 15.8. The van der Waals surface area contributed by atoms with E-state index in [1.165, 1.54) is 29.2 Å². The second-order valence-electron chi connectivity index (χ2n) is 7.52. The van der Waals surface area contributed by atoms with E-state index in [1.807, 2.05) is 46.7 Å². The van der Waals surface area contributed by atoms with Crippen LogP contribution >= 0.6 is 23.1 Å². The molecule has 0 aliphatic carbocycles. The number of carbonyl (C=O) groups excluding carboxylic acids is 1. The van der Waals surface area contributed by atoms with Gasteiger partial charge >= 0.3 is 0 Å². The first kappa shape index (κ1) is 20.9. The number of benzene rings is 2. The number of aromatic nitrogens is 3. The Kier molecular flexibility index (Phi) is 6.05. The number of halogens is 1. The number of nitrogens with zero attached hydrogens (tertiary/aromatic N) is 4. The van der Waals surface area contributed by atoms with Gasteiger partial charge in [-0.2, -0.15) is 0 Å². The average Bonchev–Trinajstić information content (AvgIpc) is 3.59. The molecule has 5 rings (SSSR count). The van der Waals surface area contributed by atoms with Crippen molar-refractivity contribution in [2.24, 2.45) is 0 Å². The van der Waals surface area contributed by atoms with Gasteiger partial charge in [0.25, 0.3) is 5.91 Å². The number of hydrogen-bond acceptors (Lipinski definition) is 5. The van der Waals surface area contributed by atoms with Gasteiger partial charge in [0.05, 0.1) is 10.6 Å². The van der Waals surface area contributed by atoms with Crippen LogP contribution in [-0.4, -0.2) is 38.7 Å². The molecule has 1 aliphatic rings. The molecule has 2 aromatic carbocycles. The minimum atomic E-state index is -0.337. The largest absolute Gasteiger partial charge is 0.339 e. The summed E-state index contributed by atoms with van der Waals surface area (Å²) in [6.07, 6.45) is 2.11. The molecule has 162 valence electrons. The summed E-state index contributed by atoms with van der Waals surface area (Å²) >= 11 is 2.99. The number of carbonyl (C=O) groups is 1. The quantitative estimate of drug-likeness (QED) is 0.345. The van der Waals surface area contributed by atoms with Crippen LogP contribution in [0, 0.1) is 5.82 Å². The fourth-order valence-electron chi connectivity index (χ4n) is 3.87. The van der Waals surface area contributed by atoms with Gasteiger partial charge in [0, 0.05) is 24.4 Å². The van der Waals surface area contributed by atoms with E-state index in [-0.39, 0.29) is 11.7 Å². The molecule has 0 radical (unpaired) electrons. The van der Waals surface area contributed by atoms with Crippen LogP contribution < -0.4 is 0 Å². The molecule has 1 aliphatic heterocycles. The molecule has 5 nitrogen and oxygen atoms in total. The van der Waals surface area contributed by atoms with Gasteiger partial charge in [0.15, 0.2) is 11.0 Å². The zero-order valence-electron chi connectivity index (χ0n) is 17.3. The lowest BCUT2D eigenvalue weighted by atomic mass is 10.1. The van der Waals surface area contributed by atoms with E-state index in [1.54, 1.807) is 22.8 Å². The van der Waals surface area contributed by atoms with Gasteiger partial charge in [0.2, 0.25) is 0 Å². The first-order chi connectivity index (χ1) is 15.7. The van der Waals surface area contributed by atoms with Crippen molar-refractivity contribution in [3.05, 3.63) is 83.0 Å². The van der Waals surface area contributed by atoms with Crippen molar-refractivity contribution < 1.29 is 9.18 Å². The Bertz CT molecular complexity index is 1230. The normalized spacial score (nSPS) is 13.6. The molecular formula is C24H21FN4OS2. The Hall–Kier alpha value is -2.97. The molecule has 8 heteroatoms. The number of para-hydroxylation sites is 1. The number of hydrogen-bond donors (Lipinski definition) is 0. The Morgan fingerprint density at radius 3 is 2.56 bits per heavy atom. The van der Waals surface area contributed by atoms with E-state index in [0.717, 1.165) is 41.9 Å². The molecule has 2 aromatic heterocycles. The summed E-state index contributed by atoms with van der Waals surface area (Å²) in [5.41, 5.74) is 2.07. The van der Waals surface area contributed by atoms with Crippen LogP contribution in [0.15, 0.2) is 71.2 Å². The SMILES string of the molecule is O=C(c1ccccc1CSc1nnc(-c2cccs2)n1-c1ccccc1F)N1CCCC1.